The Kier molecular flexibility index (Phi) is 2.39. The number of hydrogen-bond acceptors (Lipinski definition) is 4. The van der Waals surface area contributed by atoms with Gasteiger partial charge in [-0.05, 0) is 13.8 Å². The van der Waals surface area contributed by atoms with Crippen LogP contribution in [0.5, 0.6) is 0 Å². The van der Waals surface area contributed by atoms with Crippen LogP contribution in [0.3, 0.4) is 0 Å². The van der Waals surface area contributed by atoms with Crippen LogP contribution in [0.2, 0.25) is 0 Å². The minimum atomic E-state index is -3.74. The van der Waals surface area contributed by atoms with Gasteiger partial charge in [0.1, 0.15) is 0 Å². The minimum Gasteiger partial charge on any atom is -0.205 e. The summed E-state index contributed by atoms with van der Waals surface area (Å²) in [6.07, 6.45) is 1.13. The summed E-state index contributed by atoms with van der Waals surface area (Å²) in [5, 5.41) is 7.18. The zero-order valence-electron chi connectivity index (χ0n) is 6.60. The minimum absolute atomic E-state index is 0.0252. The molecule has 7 heteroatoms. The monoisotopic (exact) mass is 209 g/mol. The fourth-order valence-corrected chi connectivity index (χ4v) is 1.19. The molecule has 1 aromatic rings. The normalized spacial score (nSPS) is 12.3. The van der Waals surface area contributed by atoms with Crippen molar-refractivity contribution in [2.45, 2.75) is 24.9 Å². The predicted molar refractivity (Wildman–Crippen MR) is 43.4 cm³/mol. The summed E-state index contributed by atoms with van der Waals surface area (Å²) in [7, 11) is 1.30. The SMILES string of the molecule is CC(C)n1ncc(S(=O)(=O)Cl)n1. The second-order valence-corrected chi connectivity index (χ2v) is 5.05. The highest BCUT2D eigenvalue weighted by molar-refractivity contribution is 8.13. The molecule has 0 radical (unpaired) electrons. The lowest BCUT2D eigenvalue weighted by molar-refractivity contribution is 0.458. The molecule has 0 spiro atoms. The van der Waals surface area contributed by atoms with Crippen LogP contribution in [0.15, 0.2) is 11.2 Å². The van der Waals surface area contributed by atoms with Crippen molar-refractivity contribution in [2.24, 2.45) is 0 Å². The molecule has 0 aliphatic rings. The van der Waals surface area contributed by atoms with Gasteiger partial charge in [0.05, 0.1) is 12.2 Å². The zero-order chi connectivity index (χ0) is 9.35. The van der Waals surface area contributed by atoms with Gasteiger partial charge >= 0.3 is 0 Å². The van der Waals surface area contributed by atoms with E-state index < -0.39 is 9.05 Å². The van der Waals surface area contributed by atoms with Crippen LogP contribution >= 0.6 is 10.7 Å². The van der Waals surface area contributed by atoms with Crippen molar-refractivity contribution in [1.82, 2.24) is 15.0 Å². The Morgan fingerprint density at radius 1 is 1.58 bits per heavy atom. The summed E-state index contributed by atoms with van der Waals surface area (Å²) in [6, 6.07) is 0.0252. The molecule has 0 aliphatic heterocycles. The van der Waals surface area contributed by atoms with Crippen molar-refractivity contribution in [1.29, 1.82) is 0 Å². The maximum absolute atomic E-state index is 10.7. The maximum atomic E-state index is 10.7. The van der Waals surface area contributed by atoms with Gasteiger partial charge in [-0.2, -0.15) is 9.90 Å². The molecular formula is C5H8ClN3O2S. The fraction of sp³-hybridized carbons (Fsp3) is 0.600. The Bertz CT molecular complexity index is 370. The van der Waals surface area contributed by atoms with Crippen LogP contribution in [-0.4, -0.2) is 23.4 Å². The number of aromatic nitrogens is 3. The molecule has 1 rings (SSSR count). The summed E-state index contributed by atoms with van der Waals surface area (Å²) >= 11 is 0. The first-order chi connectivity index (χ1) is 5.41. The molecule has 0 bridgehead atoms. The van der Waals surface area contributed by atoms with Gasteiger partial charge in [-0.1, -0.05) is 0 Å². The summed E-state index contributed by atoms with van der Waals surface area (Å²) in [4.78, 5) is 1.29. The van der Waals surface area contributed by atoms with E-state index in [1.807, 2.05) is 13.8 Å². The van der Waals surface area contributed by atoms with Crippen LogP contribution in [-0.2, 0) is 9.05 Å². The first-order valence-corrected chi connectivity index (χ1v) is 5.58. The molecular weight excluding hydrogens is 202 g/mol. The maximum Gasteiger partial charge on any atom is 0.282 e. The van der Waals surface area contributed by atoms with Gasteiger partial charge in [-0.25, -0.2) is 8.42 Å². The lowest BCUT2D eigenvalue weighted by Gasteiger charge is -2.00. The third-order valence-electron chi connectivity index (χ3n) is 1.20. The van der Waals surface area contributed by atoms with Crippen molar-refractivity contribution < 1.29 is 8.42 Å². The van der Waals surface area contributed by atoms with Crippen LogP contribution in [0, 0.1) is 0 Å². The van der Waals surface area contributed by atoms with Crippen molar-refractivity contribution in [3.8, 4) is 0 Å². The van der Waals surface area contributed by atoms with Crippen molar-refractivity contribution in [3.05, 3.63) is 6.20 Å². The first-order valence-electron chi connectivity index (χ1n) is 3.28. The second-order valence-electron chi connectivity index (χ2n) is 2.53. The third-order valence-corrected chi connectivity index (χ3v) is 2.36. The van der Waals surface area contributed by atoms with Crippen LogP contribution in [0.25, 0.3) is 0 Å². The number of hydrogen-bond donors (Lipinski definition) is 0. The van der Waals surface area contributed by atoms with E-state index in [4.69, 9.17) is 10.7 Å². The molecule has 68 valence electrons. The van der Waals surface area contributed by atoms with Gasteiger partial charge in [0.15, 0.2) is 0 Å². The highest BCUT2D eigenvalue weighted by atomic mass is 35.7. The molecule has 0 amide bonds. The molecule has 0 saturated carbocycles. The van der Waals surface area contributed by atoms with Gasteiger partial charge in [0.25, 0.3) is 9.05 Å². The van der Waals surface area contributed by atoms with E-state index in [1.165, 1.54) is 4.80 Å². The largest absolute Gasteiger partial charge is 0.282 e. The number of halogens is 1. The first kappa shape index (κ1) is 9.47. The van der Waals surface area contributed by atoms with E-state index in [-0.39, 0.29) is 11.1 Å². The van der Waals surface area contributed by atoms with E-state index in [2.05, 4.69) is 10.2 Å². The Labute approximate surface area is 74.8 Å². The average molecular weight is 210 g/mol. The highest BCUT2D eigenvalue weighted by Crippen LogP contribution is 2.11. The Morgan fingerprint density at radius 2 is 2.17 bits per heavy atom. The quantitative estimate of drug-likeness (QED) is 0.676. The zero-order valence-corrected chi connectivity index (χ0v) is 8.17. The van der Waals surface area contributed by atoms with Crippen LogP contribution in [0.4, 0.5) is 0 Å². The molecule has 12 heavy (non-hydrogen) atoms. The van der Waals surface area contributed by atoms with Crippen molar-refractivity contribution >= 4 is 19.7 Å². The molecule has 0 fully saturated rings. The third kappa shape index (κ3) is 1.95. The van der Waals surface area contributed by atoms with E-state index in [0.717, 1.165) is 6.20 Å². The Morgan fingerprint density at radius 3 is 2.42 bits per heavy atom. The molecule has 1 aromatic heterocycles. The average Bonchev–Trinajstić information content (AvgIpc) is 2.30. The van der Waals surface area contributed by atoms with Gasteiger partial charge in [-0.3, -0.25) is 0 Å². The highest BCUT2D eigenvalue weighted by Gasteiger charge is 2.15. The standard InChI is InChI=1S/C5H8ClN3O2S/c1-4(2)9-7-3-5(8-9)12(6,10)11/h3-4H,1-2H3. The topological polar surface area (TPSA) is 64.8 Å². The van der Waals surface area contributed by atoms with E-state index in [9.17, 15) is 8.42 Å². The van der Waals surface area contributed by atoms with Crippen molar-refractivity contribution in [2.75, 3.05) is 0 Å². The summed E-state index contributed by atoms with van der Waals surface area (Å²) in [6.45, 7) is 3.68. The van der Waals surface area contributed by atoms with Gasteiger partial charge < -0.3 is 0 Å². The summed E-state index contributed by atoms with van der Waals surface area (Å²) in [5.74, 6) is 0. The van der Waals surface area contributed by atoms with Gasteiger partial charge in [-0.15, -0.1) is 5.10 Å². The molecule has 1 heterocycles. The van der Waals surface area contributed by atoms with E-state index >= 15 is 0 Å². The summed E-state index contributed by atoms with van der Waals surface area (Å²) < 4.78 is 21.4. The van der Waals surface area contributed by atoms with Crippen molar-refractivity contribution in [3.63, 3.8) is 0 Å². The summed E-state index contributed by atoms with van der Waals surface area (Å²) in [5.41, 5.74) is 0. The van der Waals surface area contributed by atoms with Gasteiger partial charge in [0.2, 0.25) is 5.03 Å². The molecule has 0 N–H and O–H groups in total. The molecule has 0 atom stereocenters. The fourth-order valence-electron chi connectivity index (χ4n) is 0.622. The second kappa shape index (κ2) is 3.02. The van der Waals surface area contributed by atoms with E-state index in [0.29, 0.717) is 0 Å². The smallest absolute Gasteiger partial charge is 0.205 e. The molecule has 5 nitrogen and oxygen atoms in total. The molecule has 0 saturated heterocycles. The number of rotatable bonds is 2. The lowest BCUT2D eigenvalue weighted by atomic mass is 10.4. The van der Waals surface area contributed by atoms with Gasteiger partial charge in [0, 0.05) is 10.7 Å². The van der Waals surface area contributed by atoms with E-state index in [1.54, 1.807) is 0 Å². The Balaban J connectivity index is 3.09. The molecule has 0 aliphatic carbocycles. The molecule has 0 aromatic carbocycles. The van der Waals surface area contributed by atoms with Crippen LogP contribution in [0.1, 0.15) is 19.9 Å². The predicted octanol–water partition coefficient (Wildman–Crippen LogP) is 0.786. The Hall–Kier alpha value is -0.620. The van der Waals surface area contributed by atoms with Crippen LogP contribution < -0.4 is 0 Å². The number of nitrogens with zero attached hydrogens (tertiary/aromatic N) is 3. The molecule has 0 unspecified atom stereocenters. The lowest BCUT2D eigenvalue weighted by Crippen LogP contribution is -2.05.